The largest absolute Gasteiger partial charge is 0.486 e. The highest BCUT2D eigenvalue weighted by atomic mass is 16.5. The van der Waals surface area contributed by atoms with E-state index in [9.17, 15) is 0 Å². The second-order valence-corrected chi connectivity index (χ2v) is 3.64. The van der Waals surface area contributed by atoms with Crippen molar-refractivity contribution in [1.82, 2.24) is 9.97 Å². The molecule has 0 atom stereocenters. The van der Waals surface area contributed by atoms with Gasteiger partial charge in [0.25, 0.3) is 0 Å². The Hall–Kier alpha value is -1.94. The number of rotatable bonds is 5. The van der Waals surface area contributed by atoms with E-state index < -0.39 is 0 Å². The first kappa shape index (κ1) is 11.5. The van der Waals surface area contributed by atoms with Crippen LogP contribution in [0.3, 0.4) is 0 Å². The maximum Gasteiger partial charge on any atom is 0.166 e. The summed E-state index contributed by atoms with van der Waals surface area (Å²) in [6, 6.07) is 9.70. The molecule has 0 bridgehead atoms. The Bertz CT molecular complexity index is 459. The predicted molar refractivity (Wildman–Crippen MR) is 65.6 cm³/mol. The maximum absolute atomic E-state index is 5.61. The van der Waals surface area contributed by atoms with Crippen LogP contribution in [0.1, 0.15) is 11.4 Å². The maximum atomic E-state index is 5.61. The fourth-order valence-corrected chi connectivity index (χ4v) is 1.51. The van der Waals surface area contributed by atoms with E-state index >= 15 is 0 Å². The molecule has 0 unspecified atom stereocenters. The van der Waals surface area contributed by atoms with Gasteiger partial charge in [-0.05, 0) is 36.7 Å². The Morgan fingerprint density at radius 2 is 1.94 bits per heavy atom. The molecule has 17 heavy (non-hydrogen) atoms. The molecule has 0 saturated carbocycles. The predicted octanol–water partition coefficient (Wildman–Crippen LogP) is 1.56. The molecule has 0 fully saturated rings. The van der Waals surface area contributed by atoms with Crippen LogP contribution < -0.4 is 10.5 Å². The monoisotopic (exact) mass is 229 g/mol. The summed E-state index contributed by atoms with van der Waals surface area (Å²) >= 11 is 0. The zero-order chi connectivity index (χ0) is 11.9. The standard InChI is InChI=1S/C13H15N3O/c14-6-5-11-3-1-4-12(9-11)17-10-13-15-7-2-8-16-13/h1-4,7-9H,5-6,10,14H2. The molecular formula is C13H15N3O. The van der Waals surface area contributed by atoms with Crippen molar-refractivity contribution in [2.75, 3.05) is 6.54 Å². The molecule has 2 N–H and O–H groups in total. The van der Waals surface area contributed by atoms with E-state index in [1.165, 1.54) is 5.56 Å². The molecule has 0 spiro atoms. The van der Waals surface area contributed by atoms with Crippen LogP contribution >= 0.6 is 0 Å². The number of nitrogens with two attached hydrogens (primary N) is 1. The van der Waals surface area contributed by atoms with Gasteiger partial charge < -0.3 is 10.5 Å². The van der Waals surface area contributed by atoms with E-state index in [0.29, 0.717) is 19.0 Å². The van der Waals surface area contributed by atoms with Gasteiger partial charge in [0.1, 0.15) is 12.4 Å². The third-order valence-electron chi connectivity index (χ3n) is 2.32. The topological polar surface area (TPSA) is 61.0 Å². The highest BCUT2D eigenvalue weighted by molar-refractivity contribution is 5.28. The summed E-state index contributed by atoms with van der Waals surface area (Å²) in [5.41, 5.74) is 6.69. The fourth-order valence-electron chi connectivity index (χ4n) is 1.51. The molecule has 0 radical (unpaired) electrons. The van der Waals surface area contributed by atoms with Gasteiger partial charge in [-0.15, -0.1) is 0 Å². The first-order chi connectivity index (χ1) is 8.38. The minimum Gasteiger partial charge on any atom is -0.486 e. The van der Waals surface area contributed by atoms with Crippen molar-refractivity contribution in [3.63, 3.8) is 0 Å². The SMILES string of the molecule is NCCc1cccc(OCc2ncccn2)c1. The van der Waals surface area contributed by atoms with Crippen LogP contribution in [0.2, 0.25) is 0 Å². The van der Waals surface area contributed by atoms with Gasteiger partial charge in [-0.1, -0.05) is 12.1 Å². The van der Waals surface area contributed by atoms with Gasteiger partial charge in [0.15, 0.2) is 5.82 Å². The minimum atomic E-state index is 0.382. The number of hydrogen-bond donors (Lipinski definition) is 1. The smallest absolute Gasteiger partial charge is 0.166 e. The first-order valence-corrected chi connectivity index (χ1v) is 5.56. The number of ether oxygens (including phenoxy) is 1. The van der Waals surface area contributed by atoms with Crippen LogP contribution in [0.4, 0.5) is 0 Å². The second kappa shape index (κ2) is 5.96. The summed E-state index contributed by atoms with van der Waals surface area (Å²) < 4.78 is 5.61. The molecule has 0 amide bonds. The molecule has 2 rings (SSSR count). The Kier molecular flexibility index (Phi) is 4.05. The highest BCUT2D eigenvalue weighted by Gasteiger charge is 1.99. The van der Waals surface area contributed by atoms with Crippen molar-refractivity contribution in [3.05, 3.63) is 54.1 Å². The molecule has 2 aromatic rings. The molecule has 0 aliphatic carbocycles. The van der Waals surface area contributed by atoms with Gasteiger partial charge in [-0.2, -0.15) is 0 Å². The average molecular weight is 229 g/mol. The van der Waals surface area contributed by atoms with Crippen molar-refractivity contribution in [3.8, 4) is 5.75 Å². The molecule has 1 aromatic heterocycles. The van der Waals surface area contributed by atoms with E-state index in [1.807, 2.05) is 24.3 Å². The lowest BCUT2D eigenvalue weighted by molar-refractivity contribution is 0.295. The van der Waals surface area contributed by atoms with E-state index in [4.69, 9.17) is 10.5 Å². The van der Waals surface area contributed by atoms with Gasteiger partial charge in [0.05, 0.1) is 0 Å². The molecule has 4 heteroatoms. The van der Waals surface area contributed by atoms with E-state index in [0.717, 1.165) is 12.2 Å². The Morgan fingerprint density at radius 3 is 2.71 bits per heavy atom. The normalized spacial score (nSPS) is 10.2. The van der Waals surface area contributed by atoms with Crippen molar-refractivity contribution in [2.45, 2.75) is 13.0 Å². The lowest BCUT2D eigenvalue weighted by Crippen LogP contribution is -2.03. The Morgan fingerprint density at radius 1 is 1.12 bits per heavy atom. The van der Waals surface area contributed by atoms with Crippen molar-refractivity contribution in [1.29, 1.82) is 0 Å². The van der Waals surface area contributed by atoms with Crippen molar-refractivity contribution in [2.24, 2.45) is 5.73 Å². The van der Waals surface area contributed by atoms with Crippen molar-refractivity contribution < 1.29 is 4.74 Å². The van der Waals surface area contributed by atoms with Crippen LogP contribution in [-0.4, -0.2) is 16.5 Å². The van der Waals surface area contributed by atoms with Gasteiger partial charge in [0, 0.05) is 12.4 Å². The molecule has 4 nitrogen and oxygen atoms in total. The fraction of sp³-hybridized carbons (Fsp3) is 0.231. The summed E-state index contributed by atoms with van der Waals surface area (Å²) in [5.74, 6) is 1.50. The second-order valence-electron chi connectivity index (χ2n) is 3.64. The number of nitrogens with zero attached hydrogens (tertiary/aromatic N) is 2. The molecule has 0 aliphatic heterocycles. The summed E-state index contributed by atoms with van der Waals surface area (Å²) in [6.07, 6.45) is 4.27. The van der Waals surface area contributed by atoms with Gasteiger partial charge in [-0.25, -0.2) is 9.97 Å². The quantitative estimate of drug-likeness (QED) is 0.845. The minimum absolute atomic E-state index is 0.382. The summed E-state index contributed by atoms with van der Waals surface area (Å²) in [4.78, 5) is 8.19. The highest BCUT2D eigenvalue weighted by Crippen LogP contribution is 2.14. The number of benzene rings is 1. The zero-order valence-electron chi connectivity index (χ0n) is 9.54. The molecule has 1 heterocycles. The van der Waals surface area contributed by atoms with Gasteiger partial charge in [0.2, 0.25) is 0 Å². The lowest BCUT2D eigenvalue weighted by atomic mass is 10.1. The van der Waals surface area contributed by atoms with Crippen LogP contribution in [0.5, 0.6) is 5.75 Å². The number of aromatic nitrogens is 2. The Balaban J connectivity index is 1.97. The zero-order valence-corrected chi connectivity index (χ0v) is 9.54. The summed E-state index contributed by atoms with van der Waals surface area (Å²) in [6.45, 7) is 1.03. The molecule has 0 aliphatic rings. The summed E-state index contributed by atoms with van der Waals surface area (Å²) in [7, 11) is 0. The average Bonchev–Trinajstić information content (AvgIpc) is 2.39. The molecule has 88 valence electrons. The van der Waals surface area contributed by atoms with Crippen LogP contribution in [-0.2, 0) is 13.0 Å². The number of hydrogen-bond acceptors (Lipinski definition) is 4. The molecule has 1 aromatic carbocycles. The van der Waals surface area contributed by atoms with E-state index in [1.54, 1.807) is 18.5 Å². The first-order valence-electron chi connectivity index (χ1n) is 5.56. The lowest BCUT2D eigenvalue weighted by Gasteiger charge is -2.06. The summed E-state index contributed by atoms with van der Waals surface area (Å²) in [5, 5.41) is 0. The van der Waals surface area contributed by atoms with Crippen LogP contribution in [0, 0.1) is 0 Å². The van der Waals surface area contributed by atoms with Crippen LogP contribution in [0.25, 0.3) is 0 Å². The van der Waals surface area contributed by atoms with E-state index in [2.05, 4.69) is 9.97 Å². The van der Waals surface area contributed by atoms with E-state index in [-0.39, 0.29) is 0 Å². The Labute approximate surface area is 100 Å². The molecule has 0 saturated heterocycles. The third kappa shape index (κ3) is 3.53. The van der Waals surface area contributed by atoms with Crippen molar-refractivity contribution >= 4 is 0 Å². The van der Waals surface area contributed by atoms with Crippen LogP contribution in [0.15, 0.2) is 42.7 Å². The third-order valence-corrected chi connectivity index (χ3v) is 2.32. The van der Waals surface area contributed by atoms with Gasteiger partial charge in [-0.3, -0.25) is 0 Å². The molecular weight excluding hydrogens is 214 g/mol. The van der Waals surface area contributed by atoms with Gasteiger partial charge >= 0.3 is 0 Å².